The molecule has 0 N–H and O–H groups in total. The monoisotopic (exact) mass is 605 g/mol. The summed E-state index contributed by atoms with van der Waals surface area (Å²) in [5, 5.41) is 0. The van der Waals surface area contributed by atoms with E-state index in [9.17, 15) is 0 Å². The molecule has 2 heteroatoms. The van der Waals surface area contributed by atoms with Crippen LogP contribution in [-0.4, -0.2) is 25.4 Å². The molecular formula is C42H68O2. The van der Waals surface area contributed by atoms with Crippen molar-refractivity contribution in [3.8, 4) is 0 Å². The molecule has 0 bridgehead atoms. The highest BCUT2D eigenvalue weighted by Gasteiger charge is 2.15. The smallest absolute Gasteiger partial charge is 0.0622 e. The molecule has 2 nitrogen and oxygen atoms in total. The fourth-order valence-electron chi connectivity index (χ4n) is 4.49. The predicted octanol–water partition coefficient (Wildman–Crippen LogP) is 13.1. The second-order valence-electron chi connectivity index (χ2n) is 13.8. The van der Waals surface area contributed by atoms with E-state index in [1.807, 2.05) is 0 Å². The largest absolute Gasteiger partial charge is 0.379 e. The molecule has 0 aromatic carbocycles. The van der Waals surface area contributed by atoms with Crippen molar-refractivity contribution < 1.29 is 9.47 Å². The highest BCUT2D eigenvalue weighted by molar-refractivity contribution is 5.27. The summed E-state index contributed by atoms with van der Waals surface area (Å²) in [5.74, 6) is 0. The average molecular weight is 605 g/mol. The van der Waals surface area contributed by atoms with E-state index in [4.69, 9.17) is 9.47 Å². The van der Waals surface area contributed by atoms with Gasteiger partial charge in [0.15, 0.2) is 0 Å². The van der Waals surface area contributed by atoms with Crippen LogP contribution in [0.4, 0.5) is 0 Å². The van der Waals surface area contributed by atoms with Crippen LogP contribution in [0.15, 0.2) is 106 Å². The summed E-state index contributed by atoms with van der Waals surface area (Å²) in [6.07, 6.45) is 37.8. The maximum absolute atomic E-state index is 5.52. The van der Waals surface area contributed by atoms with E-state index < -0.39 is 0 Å². The summed E-state index contributed by atoms with van der Waals surface area (Å²) >= 11 is 0. The van der Waals surface area contributed by atoms with Crippen molar-refractivity contribution in [2.24, 2.45) is 0 Å². The van der Waals surface area contributed by atoms with Gasteiger partial charge in [0, 0.05) is 14.2 Å². The van der Waals surface area contributed by atoms with E-state index in [0.29, 0.717) is 0 Å². The first-order valence-electron chi connectivity index (χ1n) is 16.8. The number of methoxy groups -OCH3 is 2. The number of hydrogen-bond donors (Lipinski definition) is 0. The lowest BCUT2D eigenvalue weighted by Crippen LogP contribution is -2.21. The van der Waals surface area contributed by atoms with Gasteiger partial charge in [-0.2, -0.15) is 0 Å². The first kappa shape index (κ1) is 41.6. The molecule has 0 aromatic rings. The lowest BCUT2D eigenvalue weighted by atomic mass is 9.98. The molecule has 0 unspecified atom stereocenters. The van der Waals surface area contributed by atoms with Crippen LogP contribution in [-0.2, 0) is 9.47 Å². The molecule has 0 spiro atoms. The topological polar surface area (TPSA) is 18.5 Å². The first-order valence-corrected chi connectivity index (χ1v) is 16.8. The zero-order chi connectivity index (χ0) is 33.4. The Bertz CT molecular complexity index is 1080. The van der Waals surface area contributed by atoms with Crippen LogP contribution in [0, 0.1) is 0 Å². The Morgan fingerprint density at radius 1 is 0.477 bits per heavy atom. The molecule has 0 amide bonds. The van der Waals surface area contributed by atoms with Crippen LogP contribution < -0.4 is 0 Å². The lowest BCUT2D eigenvalue weighted by Gasteiger charge is -2.22. The summed E-state index contributed by atoms with van der Waals surface area (Å²) in [5.41, 5.74) is 8.24. The van der Waals surface area contributed by atoms with E-state index in [1.165, 1.54) is 39.9 Å². The van der Waals surface area contributed by atoms with Crippen molar-refractivity contribution in [3.63, 3.8) is 0 Å². The van der Waals surface area contributed by atoms with E-state index >= 15 is 0 Å². The van der Waals surface area contributed by atoms with Crippen molar-refractivity contribution in [1.29, 1.82) is 0 Å². The number of ether oxygens (including phenoxy) is 2. The minimum absolute atomic E-state index is 0.0144. The van der Waals surface area contributed by atoms with E-state index in [1.54, 1.807) is 14.2 Å². The van der Waals surface area contributed by atoms with Crippen LogP contribution in [0.25, 0.3) is 0 Å². The molecule has 0 aliphatic carbocycles. The third-order valence-electron chi connectivity index (χ3n) is 8.17. The summed E-state index contributed by atoms with van der Waals surface area (Å²) in [6, 6.07) is 0. The van der Waals surface area contributed by atoms with Gasteiger partial charge in [0.05, 0.1) is 11.2 Å². The SMILES string of the molecule is COC(C)(C)CCC/C(C)=C/C=C/C(C)=C/CC/C(C)=C/C=C/C=C(C)/C=C/C=C(\C)CC/C=C(\C)CCCC(C)(C)OC. The Labute approximate surface area is 274 Å². The minimum atomic E-state index is -0.0257. The minimum Gasteiger partial charge on any atom is -0.379 e. The second-order valence-corrected chi connectivity index (χ2v) is 13.8. The molecule has 0 aliphatic heterocycles. The predicted molar refractivity (Wildman–Crippen MR) is 198 cm³/mol. The Balaban J connectivity index is 4.47. The number of rotatable bonds is 22. The summed E-state index contributed by atoms with van der Waals surface area (Å²) in [4.78, 5) is 0. The van der Waals surface area contributed by atoms with E-state index in [2.05, 4.69) is 142 Å². The fraction of sp³-hybridized carbons (Fsp3) is 0.571. The van der Waals surface area contributed by atoms with Crippen molar-refractivity contribution in [3.05, 3.63) is 106 Å². The summed E-state index contributed by atoms with van der Waals surface area (Å²) in [6.45, 7) is 21.9. The van der Waals surface area contributed by atoms with Gasteiger partial charge < -0.3 is 9.47 Å². The quantitative estimate of drug-likeness (QED) is 0.0904. The molecule has 44 heavy (non-hydrogen) atoms. The standard InChI is InChI=1S/C42H68O2/c1-35(23-15-25-37(3)27-17-29-39(5)31-19-33-41(7,8)43-11)21-13-14-22-36(2)24-16-26-38(4)28-18-30-40(6)32-20-34-42(9,10)44-12/h13-15,18,21-23,25-26,28-30H,16-17,19-20,24,27,31-34H2,1-12H3/b14-13+,23-15+,28-18+,35-21+,36-22+,37-25+,38-26+,39-29+,40-30+. The third-order valence-corrected chi connectivity index (χ3v) is 8.17. The normalized spacial score (nSPS) is 15.5. The molecule has 0 aliphatic rings. The van der Waals surface area contributed by atoms with Gasteiger partial charge in [-0.1, -0.05) is 106 Å². The molecule has 0 fully saturated rings. The van der Waals surface area contributed by atoms with Crippen molar-refractivity contribution in [1.82, 2.24) is 0 Å². The van der Waals surface area contributed by atoms with Crippen LogP contribution in [0.5, 0.6) is 0 Å². The molecule has 0 saturated carbocycles. The van der Waals surface area contributed by atoms with Gasteiger partial charge in [-0.3, -0.25) is 0 Å². The maximum atomic E-state index is 5.52. The Hall–Kier alpha value is -2.42. The maximum Gasteiger partial charge on any atom is 0.0622 e. The molecule has 0 atom stereocenters. The van der Waals surface area contributed by atoms with Crippen LogP contribution in [0.1, 0.15) is 133 Å². The van der Waals surface area contributed by atoms with Crippen molar-refractivity contribution in [2.75, 3.05) is 14.2 Å². The molecule has 0 rings (SSSR count). The molecule has 0 aromatic heterocycles. The van der Waals surface area contributed by atoms with Gasteiger partial charge in [-0.25, -0.2) is 0 Å². The third kappa shape index (κ3) is 25.0. The van der Waals surface area contributed by atoms with Gasteiger partial charge in [0.1, 0.15) is 0 Å². The highest BCUT2D eigenvalue weighted by Crippen LogP contribution is 2.20. The number of hydrogen-bond acceptors (Lipinski definition) is 2. The second kappa shape index (κ2) is 23.9. The highest BCUT2D eigenvalue weighted by atomic mass is 16.5. The van der Waals surface area contributed by atoms with Gasteiger partial charge in [0.2, 0.25) is 0 Å². The first-order chi connectivity index (χ1) is 20.7. The van der Waals surface area contributed by atoms with E-state index in [0.717, 1.165) is 57.8 Å². The van der Waals surface area contributed by atoms with E-state index in [-0.39, 0.29) is 11.2 Å². The molecule has 0 heterocycles. The van der Waals surface area contributed by atoms with Crippen LogP contribution >= 0.6 is 0 Å². The van der Waals surface area contributed by atoms with Crippen molar-refractivity contribution in [2.45, 2.75) is 145 Å². The zero-order valence-corrected chi connectivity index (χ0v) is 30.8. The molecular weight excluding hydrogens is 536 g/mol. The molecule has 248 valence electrons. The lowest BCUT2D eigenvalue weighted by molar-refractivity contribution is 0.0137. The summed E-state index contributed by atoms with van der Waals surface area (Å²) < 4.78 is 11.0. The van der Waals surface area contributed by atoms with Crippen molar-refractivity contribution >= 4 is 0 Å². The van der Waals surface area contributed by atoms with Crippen LogP contribution in [0.3, 0.4) is 0 Å². The molecule has 0 radical (unpaired) electrons. The Kier molecular flexibility index (Phi) is 22.6. The van der Waals surface area contributed by atoms with Gasteiger partial charge >= 0.3 is 0 Å². The zero-order valence-electron chi connectivity index (χ0n) is 30.8. The number of allylic oxidation sites excluding steroid dienone is 18. The average Bonchev–Trinajstić information content (AvgIpc) is 2.95. The van der Waals surface area contributed by atoms with Gasteiger partial charge in [0.25, 0.3) is 0 Å². The molecule has 0 saturated heterocycles. The van der Waals surface area contributed by atoms with Gasteiger partial charge in [-0.05, 0) is 133 Å². The Morgan fingerprint density at radius 2 is 0.886 bits per heavy atom. The van der Waals surface area contributed by atoms with Crippen LogP contribution in [0.2, 0.25) is 0 Å². The Morgan fingerprint density at radius 3 is 1.41 bits per heavy atom. The van der Waals surface area contributed by atoms with Gasteiger partial charge in [-0.15, -0.1) is 0 Å². The fourth-order valence-corrected chi connectivity index (χ4v) is 4.49. The summed E-state index contributed by atoms with van der Waals surface area (Å²) in [7, 11) is 3.60.